The van der Waals surface area contributed by atoms with Crippen LogP contribution in [0.15, 0.2) is 24.3 Å². The molecule has 0 unspecified atom stereocenters. The zero-order valence-corrected chi connectivity index (χ0v) is 13.3. The van der Waals surface area contributed by atoms with Crippen molar-refractivity contribution in [3.63, 3.8) is 0 Å². The molecule has 0 atom stereocenters. The highest BCUT2D eigenvalue weighted by Gasteiger charge is 2.23. The zero-order chi connectivity index (χ0) is 15.5. The molecule has 0 radical (unpaired) electrons. The van der Waals surface area contributed by atoms with Crippen LogP contribution in [0.1, 0.15) is 36.3 Å². The second-order valence-corrected chi connectivity index (χ2v) is 6.43. The van der Waals surface area contributed by atoms with Crippen molar-refractivity contribution < 1.29 is 14.2 Å². The largest absolute Gasteiger partial charge is 0.493 e. The number of nitrogens with zero attached hydrogens (tertiary/aromatic N) is 1. The van der Waals surface area contributed by atoms with Crippen molar-refractivity contribution in [1.29, 1.82) is 0 Å². The van der Waals surface area contributed by atoms with Crippen LogP contribution in [0.2, 0.25) is 0 Å². The van der Waals surface area contributed by atoms with Crippen LogP contribution in [-0.4, -0.2) is 16.7 Å². The molecule has 2 aromatic rings. The maximum Gasteiger partial charge on any atom is 0.123 e. The Balaban J connectivity index is 1.97. The molecule has 114 valence electrons. The molecule has 5 heteroatoms. The van der Waals surface area contributed by atoms with Crippen molar-refractivity contribution >= 4 is 11.3 Å². The summed E-state index contributed by atoms with van der Waals surface area (Å²) in [7, 11) is 0. The van der Waals surface area contributed by atoms with Gasteiger partial charge in [-0.3, -0.25) is 0 Å². The van der Waals surface area contributed by atoms with Crippen LogP contribution in [0.5, 0.6) is 5.75 Å². The fourth-order valence-corrected chi connectivity index (χ4v) is 3.15. The number of aliphatic hydroxyl groups is 1. The number of thiazole rings is 1. The van der Waals surface area contributed by atoms with Crippen molar-refractivity contribution in [2.24, 2.45) is 0 Å². The lowest BCUT2D eigenvalue weighted by Gasteiger charge is -2.15. The Kier molecular flexibility index (Phi) is 4.96. The normalized spacial score (nSPS) is 11.7. The van der Waals surface area contributed by atoms with Gasteiger partial charge in [-0.15, -0.1) is 11.3 Å². The molecule has 0 aliphatic carbocycles. The third-order valence-corrected chi connectivity index (χ3v) is 4.50. The highest BCUT2D eigenvalue weighted by Crippen LogP contribution is 2.30. The Morgan fingerprint density at radius 3 is 2.48 bits per heavy atom. The highest BCUT2D eigenvalue weighted by molar-refractivity contribution is 7.11. The van der Waals surface area contributed by atoms with E-state index in [-0.39, 0.29) is 5.82 Å². The third-order valence-electron chi connectivity index (χ3n) is 3.03. The molecular weight excluding hydrogens is 289 g/mol. The van der Waals surface area contributed by atoms with Gasteiger partial charge in [0.25, 0.3) is 0 Å². The fourth-order valence-electron chi connectivity index (χ4n) is 2.01. The minimum atomic E-state index is -0.862. The van der Waals surface area contributed by atoms with E-state index >= 15 is 0 Å². The van der Waals surface area contributed by atoms with E-state index in [4.69, 9.17) is 4.74 Å². The monoisotopic (exact) mass is 309 g/mol. The van der Waals surface area contributed by atoms with Gasteiger partial charge in [-0.25, -0.2) is 9.37 Å². The van der Waals surface area contributed by atoms with Crippen molar-refractivity contribution in [2.45, 2.75) is 39.2 Å². The van der Waals surface area contributed by atoms with Crippen LogP contribution in [0.25, 0.3) is 0 Å². The standard InChI is InChI=1S/C16H20FNO2S/c1-4-13-15(16(2,3)19)21-14(18-13)9-10-20-12-7-5-11(17)6-8-12/h5-8,19H,4,9-10H2,1-3H3. The Bertz CT molecular complexity index is 587. The lowest BCUT2D eigenvalue weighted by molar-refractivity contribution is 0.0814. The molecule has 3 nitrogen and oxygen atoms in total. The molecule has 0 saturated carbocycles. The van der Waals surface area contributed by atoms with E-state index in [2.05, 4.69) is 4.98 Å². The van der Waals surface area contributed by atoms with E-state index < -0.39 is 5.60 Å². The van der Waals surface area contributed by atoms with E-state index in [1.807, 2.05) is 6.92 Å². The molecule has 21 heavy (non-hydrogen) atoms. The smallest absolute Gasteiger partial charge is 0.123 e. The summed E-state index contributed by atoms with van der Waals surface area (Å²) in [6.45, 7) is 6.06. The van der Waals surface area contributed by atoms with Gasteiger partial charge >= 0.3 is 0 Å². The summed E-state index contributed by atoms with van der Waals surface area (Å²) in [6, 6.07) is 5.97. The lowest BCUT2D eigenvalue weighted by atomic mass is 10.1. The topological polar surface area (TPSA) is 42.4 Å². The predicted molar refractivity (Wildman–Crippen MR) is 82.3 cm³/mol. The first-order valence-electron chi connectivity index (χ1n) is 7.00. The van der Waals surface area contributed by atoms with Crippen LogP contribution in [0, 0.1) is 5.82 Å². The third kappa shape index (κ3) is 4.25. The molecule has 0 spiro atoms. The number of ether oxygens (including phenoxy) is 1. The summed E-state index contributed by atoms with van der Waals surface area (Å²) in [6.07, 6.45) is 1.47. The number of halogens is 1. The van der Waals surface area contributed by atoms with Gasteiger partial charge in [-0.2, -0.15) is 0 Å². The first kappa shape index (κ1) is 15.9. The molecule has 1 aromatic heterocycles. The van der Waals surface area contributed by atoms with Gasteiger partial charge in [0, 0.05) is 6.42 Å². The van der Waals surface area contributed by atoms with Crippen molar-refractivity contribution in [2.75, 3.05) is 6.61 Å². The molecule has 0 bridgehead atoms. The summed E-state index contributed by atoms with van der Waals surface area (Å²) in [5.74, 6) is 0.371. The molecule has 0 aliphatic rings. The average Bonchev–Trinajstić information content (AvgIpc) is 2.84. The van der Waals surface area contributed by atoms with Crippen molar-refractivity contribution in [1.82, 2.24) is 4.98 Å². The Hall–Kier alpha value is -1.46. The molecular formula is C16H20FNO2S. The number of aryl methyl sites for hydroxylation is 1. The SMILES string of the molecule is CCc1nc(CCOc2ccc(F)cc2)sc1C(C)(C)O. The predicted octanol–water partition coefficient (Wildman–Crippen LogP) is 3.69. The Labute approximate surface area is 128 Å². The first-order valence-corrected chi connectivity index (χ1v) is 7.81. The van der Waals surface area contributed by atoms with E-state index in [0.717, 1.165) is 22.0 Å². The number of benzene rings is 1. The second kappa shape index (κ2) is 6.54. The van der Waals surface area contributed by atoms with Gasteiger partial charge < -0.3 is 9.84 Å². The van der Waals surface area contributed by atoms with E-state index in [9.17, 15) is 9.50 Å². The van der Waals surface area contributed by atoms with Crippen LogP contribution >= 0.6 is 11.3 Å². The summed E-state index contributed by atoms with van der Waals surface area (Å²) >= 11 is 1.53. The molecule has 0 fully saturated rings. The molecule has 0 amide bonds. The summed E-state index contributed by atoms with van der Waals surface area (Å²) in [4.78, 5) is 5.48. The quantitative estimate of drug-likeness (QED) is 0.885. The zero-order valence-electron chi connectivity index (χ0n) is 12.5. The number of hydrogen-bond donors (Lipinski definition) is 1. The number of aromatic nitrogens is 1. The maximum atomic E-state index is 12.8. The Morgan fingerprint density at radius 1 is 1.29 bits per heavy atom. The van der Waals surface area contributed by atoms with Gasteiger partial charge in [0.05, 0.1) is 27.8 Å². The molecule has 2 rings (SSSR count). The fraction of sp³-hybridized carbons (Fsp3) is 0.438. The first-order chi connectivity index (χ1) is 9.90. The Morgan fingerprint density at radius 2 is 1.95 bits per heavy atom. The van der Waals surface area contributed by atoms with Gasteiger partial charge in [-0.05, 0) is 44.5 Å². The average molecular weight is 309 g/mol. The number of hydrogen-bond acceptors (Lipinski definition) is 4. The molecule has 1 N–H and O–H groups in total. The lowest BCUT2D eigenvalue weighted by Crippen LogP contribution is -2.15. The molecule has 0 aliphatic heterocycles. The van der Waals surface area contributed by atoms with Crippen molar-refractivity contribution in [3.8, 4) is 5.75 Å². The van der Waals surface area contributed by atoms with Crippen LogP contribution in [-0.2, 0) is 18.4 Å². The van der Waals surface area contributed by atoms with E-state index in [1.165, 1.54) is 23.5 Å². The maximum absolute atomic E-state index is 12.8. The summed E-state index contributed by atoms with van der Waals surface area (Å²) in [5.41, 5.74) is 0.0864. The minimum absolute atomic E-state index is 0.273. The number of rotatable bonds is 6. The van der Waals surface area contributed by atoms with Crippen LogP contribution in [0.3, 0.4) is 0 Å². The highest BCUT2D eigenvalue weighted by atomic mass is 32.1. The second-order valence-electron chi connectivity index (χ2n) is 5.35. The summed E-state index contributed by atoms with van der Waals surface area (Å²) in [5, 5.41) is 11.1. The van der Waals surface area contributed by atoms with Gasteiger partial charge in [0.15, 0.2) is 0 Å². The van der Waals surface area contributed by atoms with E-state index in [1.54, 1.807) is 26.0 Å². The van der Waals surface area contributed by atoms with Gasteiger partial charge in [0.2, 0.25) is 0 Å². The van der Waals surface area contributed by atoms with Gasteiger partial charge in [0.1, 0.15) is 11.6 Å². The van der Waals surface area contributed by atoms with Crippen LogP contribution in [0.4, 0.5) is 4.39 Å². The molecule has 1 aromatic carbocycles. The minimum Gasteiger partial charge on any atom is -0.493 e. The van der Waals surface area contributed by atoms with Crippen LogP contribution < -0.4 is 4.74 Å². The van der Waals surface area contributed by atoms with Gasteiger partial charge in [-0.1, -0.05) is 6.92 Å². The van der Waals surface area contributed by atoms with E-state index in [0.29, 0.717) is 18.8 Å². The molecule has 0 saturated heterocycles. The van der Waals surface area contributed by atoms with Crippen molar-refractivity contribution in [3.05, 3.63) is 45.7 Å². The molecule has 1 heterocycles. The summed E-state index contributed by atoms with van der Waals surface area (Å²) < 4.78 is 18.4.